The molecule has 1 aromatic heterocycles. The molecule has 1 aliphatic heterocycles. The highest BCUT2D eigenvalue weighted by atomic mass is 16.5. The summed E-state index contributed by atoms with van der Waals surface area (Å²) >= 11 is 0. The monoisotopic (exact) mass is 197 g/mol. The van der Waals surface area contributed by atoms with Crippen LogP contribution >= 0.6 is 0 Å². The molecule has 1 fully saturated rings. The van der Waals surface area contributed by atoms with Gasteiger partial charge in [-0.2, -0.15) is 4.98 Å². The summed E-state index contributed by atoms with van der Waals surface area (Å²) in [5, 5.41) is 3.03. The predicted octanol–water partition coefficient (Wildman–Crippen LogP) is 0.231. The van der Waals surface area contributed by atoms with E-state index >= 15 is 0 Å². The first-order chi connectivity index (χ1) is 6.90. The SMILES string of the molecule is CNCc1coc(N2CCOCC2)n1. The molecule has 0 atom stereocenters. The van der Waals surface area contributed by atoms with Crippen molar-refractivity contribution in [3.63, 3.8) is 0 Å². The van der Waals surface area contributed by atoms with Gasteiger partial charge in [-0.3, -0.25) is 0 Å². The first kappa shape index (κ1) is 9.48. The van der Waals surface area contributed by atoms with E-state index in [1.807, 2.05) is 7.05 Å². The number of morpholine rings is 1. The molecule has 78 valence electrons. The summed E-state index contributed by atoms with van der Waals surface area (Å²) in [7, 11) is 1.89. The first-order valence-corrected chi connectivity index (χ1v) is 4.82. The van der Waals surface area contributed by atoms with Crippen molar-refractivity contribution in [1.29, 1.82) is 0 Å². The predicted molar refractivity (Wildman–Crippen MR) is 52.3 cm³/mol. The van der Waals surface area contributed by atoms with E-state index in [2.05, 4.69) is 15.2 Å². The molecule has 0 aromatic carbocycles. The van der Waals surface area contributed by atoms with Crippen molar-refractivity contribution >= 4 is 6.01 Å². The van der Waals surface area contributed by atoms with Gasteiger partial charge in [0.05, 0.1) is 18.9 Å². The maximum absolute atomic E-state index is 5.38. The number of oxazole rings is 1. The van der Waals surface area contributed by atoms with Crippen LogP contribution in [0.2, 0.25) is 0 Å². The van der Waals surface area contributed by atoms with Crippen molar-refractivity contribution in [2.75, 3.05) is 38.3 Å². The summed E-state index contributed by atoms with van der Waals surface area (Å²) < 4.78 is 10.6. The lowest BCUT2D eigenvalue weighted by molar-refractivity contribution is 0.120. The fraction of sp³-hybridized carbons (Fsp3) is 0.667. The van der Waals surface area contributed by atoms with Crippen LogP contribution in [0, 0.1) is 0 Å². The molecule has 14 heavy (non-hydrogen) atoms. The van der Waals surface area contributed by atoms with Gasteiger partial charge in [0, 0.05) is 19.6 Å². The van der Waals surface area contributed by atoms with Crippen LogP contribution in [0.1, 0.15) is 5.69 Å². The Morgan fingerprint density at radius 1 is 1.50 bits per heavy atom. The van der Waals surface area contributed by atoms with E-state index in [0.29, 0.717) is 6.01 Å². The normalized spacial score (nSPS) is 17.4. The molecule has 1 saturated heterocycles. The topological polar surface area (TPSA) is 50.5 Å². The van der Waals surface area contributed by atoms with Crippen LogP contribution in [0.5, 0.6) is 0 Å². The third kappa shape index (κ3) is 2.05. The van der Waals surface area contributed by atoms with Crippen molar-refractivity contribution < 1.29 is 9.15 Å². The highest BCUT2D eigenvalue weighted by molar-refractivity contribution is 5.27. The fourth-order valence-corrected chi connectivity index (χ4v) is 1.46. The lowest BCUT2D eigenvalue weighted by atomic mass is 10.4. The molecule has 0 spiro atoms. The average molecular weight is 197 g/mol. The van der Waals surface area contributed by atoms with Crippen LogP contribution in [0.3, 0.4) is 0 Å². The van der Waals surface area contributed by atoms with Crippen molar-refractivity contribution in [3.05, 3.63) is 12.0 Å². The molecule has 0 saturated carbocycles. The molecule has 2 rings (SSSR count). The lowest BCUT2D eigenvalue weighted by Gasteiger charge is -2.24. The minimum absolute atomic E-state index is 0.707. The standard InChI is InChI=1S/C9H15N3O2/c1-10-6-8-7-14-9(11-8)12-2-4-13-5-3-12/h7,10H,2-6H2,1H3. The molecule has 0 aliphatic carbocycles. The zero-order chi connectivity index (χ0) is 9.80. The van der Waals surface area contributed by atoms with Gasteiger partial charge < -0.3 is 19.4 Å². The molecule has 0 amide bonds. The number of nitrogens with zero attached hydrogens (tertiary/aromatic N) is 2. The van der Waals surface area contributed by atoms with Gasteiger partial charge in [-0.1, -0.05) is 0 Å². The number of ether oxygens (including phenoxy) is 1. The molecule has 1 N–H and O–H groups in total. The van der Waals surface area contributed by atoms with Crippen LogP contribution in [0.25, 0.3) is 0 Å². The Kier molecular flexibility index (Phi) is 3.00. The van der Waals surface area contributed by atoms with Gasteiger partial charge in [0.25, 0.3) is 6.01 Å². The van der Waals surface area contributed by atoms with Crippen molar-refractivity contribution in [2.45, 2.75) is 6.54 Å². The smallest absolute Gasteiger partial charge is 0.297 e. The largest absolute Gasteiger partial charge is 0.432 e. The third-order valence-electron chi connectivity index (χ3n) is 2.18. The minimum Gasteiger partial charge on any atom is -0.432 e. The summed E-state index contributed by atoms with van der Waals surface area (Å²) in [6.07, 6.45) is 1.70. The van der Waals surface area contributed by atoms with Crippen LogP contribution in [-0.2, 0) is 11.3 Å². The zero-order valence-electron chi connectivity index (χ0n) is 8.32. The molecule has 0 unspecified atom stereocenters. The number of hydrogen-bond donors (Lipinski definition) is 1. The highest BCUT2D eigenvalue weighted by Gasteiger charge is 2.15. The molecule has 1 aliphatic rings. The number of nitrogens with one attached hydrogen (secondary N) is 1. The van der Waals surface area contributed by atoms with E-state index < -0.39 is 0 Å². The number of anilines is 1. The van der Waals surface area contributed by atoms with Gasteiger partial charge in [-0.25, -0.2) is 0 Å². The Balaban J connectivity index is 2.00. The van der Waals surface area contributed by atoms with E-state index in [-0.39, 0.29) is 0 Å². The Hall–Kier alpha value is -1.07. The van der Waals surface area contributed by atoms with E-state index in [1.165, 1.54) is 0 Å². The molecule has 2 heterocycles. The average Bonchev–Trinajstić information content (AvgIpc) is 2.68. The molecule has 0 bridgehead atoms. The van der Waals surface area contributed by atoms with Gasteiger partial charge in [0.1, 0.15) is 6.26 Å². The summed E-state index contributed by atoms with van der Waals surface area (Å²) in [5.41, 5.74) is 0.939. The molecule has 5 heteroatoms. The van der Waals surface area contributed by atoms with Crippen molar-refractivity contribution in [1.82, 2.24) is 10.3 Å². The third-order valence-corrected chi connectivity index (χ3v) is 2.18. The van der Waals surface area contributed by atoms with Gasteiger partial charge in [-0.05, 0) is 7.05 Å². The highest BCUT2D eigenvalue weighted by Crippen LogP contribution is 2.14. The maximum atomic E-state index is 5.38. The number of hydrogen-bond acceptors (Lipinski definition) is 5. The van der Waals surface area contributed by atoms with Gasteiger partial charge >= 0.3 is 0 Å². The van der Waals surface area contributed by atoms with E-state index in [4.69, 9.17) is 9.15 Å². The van der Waals surface area contributed by atoms with E-state index in [1.54, 1.807) is 6.26 Å². The number of rotatable bonds is 3. The van der Waals surface area contributed by atoms with Crippen molar-refractivity contribution in [3.8, 4) is 0 Å². The van der Waals surface area contributed by atoms with Gasteiger partial charge in [-0.15, -0.1) is 0 Å². The Bertz CT molecular complexity index is 281. The minimum atomic E-state index is 0.707. The first-order valence-electron chi connectivity index (χ1n) is 4.82. The maximum Gasteiger partial charge on any atom is 0.297 e. The quantitative estimate of drug-likeness (QED) is 0.751. The Labute approximate surface area is 83.1 Å². The molecular formula is C9H15N3O2. The van der Waals surface area contributed by atoms with E-state index in [9.17, 15) is 0 Å². The zero-order valence-corrected chi connectivity index (χ0v) is 8.32. The van der Waals surface area contributed by atoms with E-state index in [0.717, 1.165) is 38.5 Å². The van der Waals surface area contributed by atoms with Crippen LogP contribution in [-0.4, -0.2) is 38.3 Å². The Morgan fingerprint density at radius 3 is 3.00 bits per heavy atom. The molecule has 1 aromatic rings. The van der Waals surface area contributed by atoms with Crippen molar-refractivity contribution in [2.24, 2.45) is 0 Å². The second-order valence-corrected chi connectivity index (χ2v) is 3.25. The number of aromatic nitrogens is 1. The second-order valence-electron chi connectivity index (χ2n) is 3.25. The summed E-state index contributed by atoms with van der Waals surface area (Å²) in [4.78, 5) is 6.46. The van der Waals surface area contributed by atoms with Crippen LogP contribution < -0.4 is 10.2 Å². The second kappa shape index (κ2) is 4.43. The fourth-order valence-electron chi connectivity index (χ4n) is 1.46. The summed E-state index contributed by atoms with van der Waals surface area (Å²) in [6, 6.07) is 0.707. The summed E-state index contributed by atoms with van der Waals surface area (Å²) in [5.74, 6) is 0. The van der Waals surface area contributed by atoms with Crippen LogP contribution in [0.4, 0.5) is 6.01 Å². The molecular weight excluding hydrogens is 182 g/mol. The van der Waals surface area contributed by atoms with Crippen LogP contribution in [0.15, 0.2) is 10.7 Å². The molecule has 0 radical (unpaired) electrons. The van der Waals surface area contributed by atoms with Gasteiger partial charge in [0.15, 0.2) is 0 Å². The summed E-state index contributed by atoms with van der Waals surface area (Å²) in [6.45, 7) is 3.97. The van der Waals surface area contributed by atoms with Gasteiger partial charge in [0.2, 0.25) is 0 Å². The Morgan fingerprint density at radius 2 is 2.29 bits per heavy atom. The molecule has 5 nitrogen and oxygen atoms in total. The lowest BCUT2D eigenvalue weighted by Crippen LogP contribution is -2.36.